The van der Waals surface area contributed by atoms with E-state index in [1.807, 2.05) is 12.1 Å². The van der Waals surface area contributed by atoms with Gasteiger partial charge in [-0.1, -0.05) is 31.2 Å². The Bertz CT molecular complexity index is 884. The van der Waals surface area contributed by atoms with Crippen LogP contribution in [0.4, 0.5) is 0 Å². The number of hydrazone groups is 1. The van der Waals surface area contributed by atoms with E-state index in [0.29, 0.717) is 5.69 Å². The molecule has 0 spiro atoms. The Kier molecular flexibility index (Phi) is 5.20. The number of phenolic OH excluding ortho intramolecular Hbond substituents is 1. The topological polar surface area (TPSA) is 74.6 Å². The van der Waals surface area contributed by atoms with Crippen molar-refractivity contribution in [1.82, 2.24) is 10.4 Å². The Balaban J connectivity index is 1.64. The molecule has 0 saturated heterocycles. The maximum atomic E-state index is 12.1. The number of rotatable bonds is 5. The number of hydrogen-bond donors (Lipinski definition) is 2. The molecule has 0 saturated carbocycles. The molecule has 1 amide bonds. The van der Waals surface area contributed by atoms with Crippen LogP contribution in [0.5, 0.6) is 5.75 Å². The van der Waals surface area contributed by atoms with E-state index in [0.717, 1.165) is 22.6 Å². The number of thiazole rings is 1. The minimum Gasteiger partial charge on any atom is -0.508 e. The second-order valence-corrected chi connectivity index (χ2v) is 6.24. The lowest BCUT2D eigenvalue weighted by atomic mass is 10.1. The van der Waals surface area contributed by atoms with Crippen LogP contribution in [0.25, 0.3) is 10.6 Å². The molecule has 1 aromatic heterocycles. The first kappa shape index (κ1) is 16.9. The number of nitrogens with zero attached hydrogens (tertiary/aromatic N) is 2. The highest BCUT2D eigenvalue weighted by Gasteiger charge is 2.11. The van der Waals surface area contributed by atoms with E-state index in [4.69, 9.17) is 0 Å². The highest BCUT2D eigenvalue weighted by atomic mass is 32.1. The third-order valence-corrected chi connectivity index (χ3v) is 4.51. The van der Waals surface area contributed by atoms with Crippen LogP contribution in [0.15, 0.2) is 59.0 Å². The highest BCUT2D eigenvalue weighted by Crippen LogP contribution is 2.24. The van der Waals surface area contributed by atoms with Gasteiger partial charge in [-0.2, -0.15) is 5.10 Å². The monoisotopic (exact) mass is 351 g/mol. The molecular formula is C19H17N3O2S. The third kappa shape index (κ3) is 4.30. The molecule has 126 valence electrons. The highest BCUT2D eigenvalue weighted by molar-refractivity contribution is 7.13. The van der Waals surface area contributed by atoms with Crippen molar-refractivity contribution >= 4 is 23.5 Å². The number of aromatic nitrogens is 1. The average Bonchev–Trinajstić information content (AvgIpc) is 3.13. The van der Waals surface area contributed by atoms with Gasteiger partial charge < -0.3 is 5.11 Å². The Labute approximate surface area is 149 Å². The van der Waals surface area contributed by atoms with Crippen molar-refractivity contribution in [2.75, 3.05) is 0 Å². The summed E-state index contributed by atoms with van der Waals surface area (Å²) in [4.78, 5) is 16.5. The lowest BCUT2D eigenvalue weighted by molar-refractivity contribution is 0.0951. The van der Waals surface area contributed by atoms with Gasteiger partial charge in [0.05, 0.1) is 6.21 Å². The van der Waals surface area contributed by atoms with Crippen LogP contribution in [0.2, 0.25) is 0 Å². The zero-order chi connectivity index (χ0) is 17.6. The quantitative estimate of drug-likeness (QED) is 0.542. The van der Waals surface area contributed by atoms with Crippen molar-refractivity contribution < 1.29 is 9.90 Å². The molecule has 3 aromatic rings. The molecule has 0 aliphatic carbocycles. The normalized spacial score (nSPS) is 10.9. The fourth-order valence-corrected chi connectivity index (χ4v) is 2.98. The van der Waals surface area contributed by atoms with E-state index in [-0.39, 0.29) is 11.7 Å². The minimum atomic E-state index is -0.359. The van der Waals surface area contributed by atoms with Gasteiger partial charge in [-0.25, -0.2) is 10.4 Å². The molecule has 0 aliphatic rings. The number of carbonyl (C=O) groups excluding carboxylic acids is 1. The zero-order valence-electron chi connectivity index (χ0n) is 13.6. The second kappa shape index (κ2) is 7.72. The largest absolute Gasteiger partial charge is 0.508 e. The van der Waals surface area contributed by atoms with E-state index in [1.165, 1.54) is 23.1 Å². The van der Waals surface area contributed by atoms with Crippen LogP contribution >= 0.6 is 11.3 Å². The number of phenols is 1. The van der Waals surface area contributed by atoms with Gasteiger partial charge >= 0.3 is 0 Å². The molecule has 0 atom stereocenters. The molecule has 0 radical (unpaired) electrons. The van der Waals surface area contributed by atoms with Crippen LogP contribution in [-0.2, 0) is 6.42 Å². The number of carbonyl (C=O) groups is 1. The predicted molar refractivity (Wildman–Crippen MR) is 100 cm³/mol. The summed E-state index contributed by atoms with van der Waals surface area (Å²) in [5.74, 6) is -0.175. The number of amides is 1. The number of aryl methyl sites for hydroxylation is 1. The lowest BCUT2D eigenvalue weighted by Crippen LogP contribution is -2.17. The maximum absolute atomic E-state index is 12.1. The van der Waals surface area contributed by atoms with E-state index in [1.54, 1.807) is 29.6 Å². The Morgan fingerprint density at radius 2 is 1.92 bits per heavy atom. The molecule has 0 unspecified atom stereocenters. The SMILES string of the molecule is CCc1ccc(-c2nc(C(=O)N/N=C/c3ccc(O)cc3)cs2)cc1. The summed E-state index contributed by atoms with van der Waals surface area (Å²) >= 11 is 1.42. The maximum Gasteiger partial charge on any atom is 0.290 e. The molecule has 25 heavy (non-hydrogen) atoms. The number of nitrogens with one attached hydrogen (secondary N) is 1. The van der Waals surface area contributed by atoms with E-state index < -0.39 is 0 Å². The van der Waals surface area contributed by atoms with Crippen molar-refractivity contribution in [2.24, 2.45) is 5.10 Å². The van der Waals surface area contributed by atoms with Crippen molar-refractivity contribution in [3.8, 4) is 16.3 Å². The molecule has 0 aliphatic heterocycles. The van der Waals surface area contributed by atoms with Crippen molar-refractivity contribution in [1.29, 1.82) is 0 Å². The smallest absolute Gasteiger partial charge is 0.290 e. The molecule has 6 heteroatoms. The Morgan fingerprint density at radius 3 is 2.60 bits per heavy atom. The van der Waals surface area contributed by atoms with Gasteiger partial charge in [0.2, 0.25) is 0 Å². The Morgan fingerprint density at radius 1 is 1.20 bits per heavy atom. The minimum absolute atomic E-state index is 0.183. The van der Waals surface area contributed by atoms with Gasteiger partial charge in [0.15, 0.2) is 0 Å². The van der Waals surface area contributed by atoms with Gasteiger partial charge in [0.25, 0.3) is 5.91 Å². The number of benzene rings is 2. The van der Waals surface area contributed by atoms with E-state index >= 15 is 0 Å². The average molecular weight is 351 g/mol. The summed E-state index contributed by atoms with van der Waals surface area (Å²) < 4.78 is 0. The number of aromatic hydroxyl groups is 1. The molecular weight excluding hydrogens is 334 g/mol. The van der Waals surface area contributed by atoms with Gasteiger partial charge in [-0.3, -0.25) is 4.79 Å². The lowest BCUT2D eigenvalue weighted by Gasteiger charge is -1.99. The first-order chi connectivity index (χ1) is 12.2. The molecule has 3 rings (SSSR count). The molecule has 0 fully saturated rings. The van der Waals surface area contributed by atoms with Crippen molar-refractivity contribution in [2.45, 2.75) is 13.3 Å². The first-order valence-electron chi connectivity index (χ1n) is 7.83. The predicted octanol–water partition coefficient (Wildman–Crippen LogP) is 3.84. The van der Waals surface area contributed by atoms with Gasteiger partial charge in [-0.05, 0) is 41.8 Å². The second-order valence-electron chi connectivity index (χ2n) is 5.38. The fraction of sp³-hybridized carbons (Fsp3) is 0.105. The van der Waals surface area contributed by atoms with Gasteiger partial charge in [0, 0.05) is 10.9 Å². The van der Waals surface area contributed by atoms with Crippen LogP contribution in [0.3, 0.4) is 0 Å². The first-order valence-corrected chi connectivity index (χ1v) is 8.71. The van der Waals surface area contributed by atoms with Crippen LogP contribution < -0.4 is 5.43 Å². The molecule has 5 nitrogen and oxygen atoms in total. The van der Waals surface area contributed by atoms with Crippen LogP contribution in [-0.4, -0.2) is 22.2 Å². The molecule has 0 bridgehead atoms. The summed E-state index contributed by atoms with van der Waals surface area (Å²) in [6.07, 6.45) is 2.50. The Hall–Kier alpha value is -2.99. The van der Waals surface area contributed by atoms with Crippen molar-refractivity contribution in [3.63, 3.8) is 0 Å². The summed E-state index contributed by atoms with van der Waals surface area (Å²) in [6.45, 7) is 2.11. The molecule has 1 heterocycles. The molecule has 2 N–H and O–H groups in total. The van der Waals surface area contributed by atoms with E-state index in [2.05, 4.69) is 34.6 Å². The summed E-state index contributed by atoms with van der Waals surface area (Å²) in [7, 11) is 0. The van der Waals surface area contributed by atoms with Crippen molar-refractivity contribution in [3.05, 3.63) is 70.7 Å². The summed E-state index contributed by atoms with van der Waals surface area (Å²) in [5, 5.41) is 15.7. The number of hydrogen-bond acceptors (Lipinski definition) is 5. The van der Waals surface area contributed by atoms with E-state index in [9.17, 15) is 9.90 Å². The standard InChI is InChI=1S/C19H17N3O2S/c1-2-13-3-7-15(8-4-13)19-21-17(12-25-19)18(24)22-20-11-14-5-9-16(23)10-6-14/h3-12,23H,2H2,1H3,(H,22,24)/b20-11+. The van der Waals surface area contributed by atoms with Crippen LogP contribution in [0.1, 0.15) is 28.5 Å². The van der Waals surface area contributed by atoms with Gasteiger partial charge in [0.1, 0.15) is 16.5 Å². The third-order valence-electron chi connectivity index (χ3n) is 3.62. The van der Waals surface area contributed by atoms with Crippen LogP contribution in [0, 0.1) is 0 Å². The summed E-state index contributed by atoms with van der Waals surface area (Å²) in [6, 6.07) is 14.7. The molecule has 2 aromatic carbocycles. The summed E-state index contributed by atoms with van der Waals surface area (Å²) in [5.41, 5.74) is 5.82. The van der Waals surface area contributed by atoms with Gasteiger partial charge in [-0.15, -0.1) is 11.3 Å². The fourth-order valence-electron chi connectivity index (χ4n) is 2.18. The zero-order valence-corrected chi connectivity index (χ0v) is 14.5.